The zero-order valence-corrected chi connectivity index (χ0v) is 14.8. The Morgan fingerprint density at radius 3 is 1.92 bits per heavy atom. The molecule has 1 amide bonds. The fraction of sp³-hybridized carbons (Fsp3) is 0.353. The van der Waals surface area contributed by atoms with Crippen molar-refractivity contribution >= 4 is 17.5 Å². The maximum atomic E-state index is 12.6. The van der Waals surface area contributed by atoms with Crippen molar-refractivity contribution in [1.82, 2.24) is 9.97 Å². The van der Waals surface area contributed by atoms with Crippen molar-refractivity contribution < 1.29 is 14.3 Å². The van der Waals surface area contributed by atoms with Crippen molar-refractivity contribution in [3.05, 3.63) is 35.2 Å². The summed E-state index contributed by atoms with van der Waals surface area (Å²) in [6.07, 6.45) is 0. The summed E-state index contributed by atoms with van der Waals surface area (Å²) >= 11 is 0. The number of anilines is 2. The van der Waals surface area contributed by atoms with Gasteiger partial charge < -0.3 is 19.7 Å². The van der Waals surface area contributed by atoms with Crippen LogP contribution < -0.4 is 19.7 Å². The third-order valence-electron chi connectivity index (χ3n) is 3.51. The fourth-order valence-corrected chi connectivity index (χ4v) is 2.20. The Hall–Kier alpha value is -2.83. The first-order valence-electron chi connectivity index (χ1n) is 7.42. The zero-order valence-electron chi connectivity index (χ0n) is 14.8. The van der Waals surface area contributed by atoms with Gasteiger partial charge in [0.25, 0.3) is 5.91 Å². The van der Waals surface area contributed by atoms with Crippen LogP contribution in [0.1, 0.15) is 21.7 Å². The molecule has 0 aliphatic heterocycles. The molecule has 1 heterocycles. The maximum absolute atomic E-state index is 12.6. The number of methoxy groups -OCH3 is 2. The molecule has 0 bridgehead atoms. The minimum atomic E-state index is -0.278. The number of ether oxygens (including phenoxy) is 2. The molecule has 0 aliphatic carbocycles. The van der Waals surface area contributed by atoms with Gasteiger partial charge in [-0.3, -0.25) is 4.79 Å². The number of nitrogens with zero attached hydrogens (tertiary/aromatic N) is 3. The second-order valence-electron chi connectivity index (χ2n) is 5.52. The molecule has 7 heteroatoms. The number of hydrogen-bond donors (Lipinski definition) is 1. The lowest BCUT2D eigenvalue weighted by atomic mass is 10.1. The van der Waals surface area contributed by atoms with Crippen LogP contribution in [0.15, 0.2) is 18.2 Å². The summed E-state index contributed by atoms with van der Waals surface area (Å²) in [5, 5.41) is 2.87. The summed E-state index contributed by atoms with van der Waals surface area (Å²) < 4.78 is 10.4. The Kier molecular flexibility index (Phi) is 5.23. The van der Waals surface area contributed by atoms with Crippen molar-refractivity contribution in [2.24, 2.45) is 0 Å². The Balaban J connectivity index is 2.33. The second kappa shape index (κ2) is 7.16. The van der Waals surface area contributed by atoms with Crippen molar-refractivity contribution in [2.45, 2.75) is 13.8 Å². The van der Waals surface area contributed by atoms with Gasteiger partial charge >= 0.3 is 0 Å². The molecule has 0 saturated carbocycles. The van der Waals surface area contributed by atoms with E-state index in [1.54, 1.807) is 32.4 Å². The first-order chi connectivity index (χ1) is 11.3. The topological polar surface area (TPSA) is 76.6 Å². The molecule has 1 aromatic carbocycles. The molecule has 128 valence electrons. The van der Waals surface area contributed by atoms with Gasteiger partial charge in [-0.25, -0.2) is 9.97 Å². The van der Waals surface area contributed by atoms with Gasteiger partial charge in [0.15, 0.2) is 0 Å². The average molecular weight is 330 g/mol. The van der Waals surface area contributed by atoms with Gasteiger partial charge in [-0.15, -0.1) is 0 Å². The summed E-state index contributed by atoms with van der Waals surface area (Å²) in [7, 11) is 6.82. The highest BCUT2D eigenvalue weighted by Gasteiger charge is 2.15. The molecule has 0 unspecified atom stereocenters. The molecule has 0 spiro atoms. The number of carbonyl (C=O) groups excluding carboxylic acids is 1. The summed E-state index contributed by atoms with van der Waals surface area (Å²) in [5.74, 6) is 1.42. The SMILES string of the molecule is COc1cc(OC)cc(C(=O)Nc2c(C)nc(N(C)C)nc2C)c1. The smallest absolute Gasteiger partial charge is 0.256 e. The van der Waals surface area contributed by atoms with Gasteiger partial charge in [0.1, 0.15) is 11.5 Å². The van der Waals surface area contributed by atoms with Crippen LogP contribution in [-0.4, -0.2) is 44.2 Å². The van der Waals surface area contributed by atoms with Crippen molar-refractivity contribution in [2.75, 3.05) is 38.5 Å². The van der Waals surface area contributed by atoms with Crippen LogP contribution in [0.2, 0.25) is 0 Å². The summed E-state index contributed by atoms with van der Waals surface area (Å²) in [5.41, 5.74) is 2.44. The first-order valence-corrected chi connectivity index (χ1v) is 7.42. The highest BCUT2D eigenvalue weighted by molar-refractivity contribution is 6.05. The average Bonchev–Trinajstić information content (AvgIpc) is 2.56. The standard InChI is InChI=1S/C17H22N4O3/c1-10-15(11(2)19-17(18-10)21(3)4)20-16(22)12-7-13(23-5)9-14(8-12)24-6/h7-9H,1-6H3,(H,20,22). The Labute approximate surface area is 141 Å². The summed E-state index contributed by atoms with van der Waals surface area (Å²) in [6, 6.07) is 5.01. The number of aromatic nitrogens is 2. The molecule has 0 saturated heterocycles. The van der Waals surface area contributed by atoms with Gasteiger partial charge in [0.2, 0.25) is 5.95 Å². The third-order valence-corrected chi connectivity index (χ3v) is 3.51. The van der Waals surface area contributed by atoms with E-state index in [4.69, 9.17) is 9.47 Å². The lowest BCUT2D eigenvalue weighted by molar-refractivity contribution is 0.102. The van der Waals surface area contributed by atoms with Gasteiger partial charge in [0.05, 0.1) is 31.3 Å². The van der Waals surface area contributed by atoms with Crippen molar-refractivity contribution in [1.29, 1.82) is 0 Å². The van der Waals surface area contributed by atoms with Crippen LogP contribution >= 0.6 is 0 Å². The molecular weight excluding hydrogens is 308 g/mol. The third kappa shape index (κ3) is 3.73. The van der Waals surface area contributed by atoms with E-state index >= 15 is 0 Å². The minimum Gasteiger partial charge on any atom is -0.497 e. The van der Waals surface area contributed by atoms with Crippen LogP contribution in [0.5, 0.6) is 11.5 Å². The van der Waals surface area contributed by atoms with E-state index in [9.17, 15) is 4.79 Å². The quantitative estimate of drug-likeness (QED) is 0.907. The molecule has 1 aromatic heterocycles. The lowest BCUT2D eigenvalue weighted by Gasteiger charge is -2.16. The number of hydrogen-bond acceptors (Lipinski definition) is 6. The molecule has 0 fully saturated rings. The molecule has 0 aliphatic rings. The normalized spacial score (nSPS) is 10.2. The van der Waals surface area contributed by atoms with Crippen LogP contribution in [0.25, 0.3) is 0 Å². The van der Waals surface area contributed by atoms with Gasteiger partial charge in [-0.2, -0.15) is 0 Å². The first kappa shape index (κ1) is 17.5. The van der Waals surface area contributed by atoms with E-state index in [-0.39, 0.29) is 5.91 Å². The number of benzene rings is 1. The van der Waals surface area contributed by atoms with E-state index in [0.717, 1.165) is 0 Å². The van der Waals surface area contributed by atoms with Crippen molar-refractivity contribution in [3.8, 4) is 11.5 Å². The number of rotatable bonds is 5. The van der Waals surface area contributed by atoms with E-state index in [1.807, 2.05) is 32.8 Å². The van der Waals surface area contributed by atoms with E-state index < -0.39 is 0 Å². The molecule has 2 rings (SSSR count). The molecule has 24 heavy (non-hydrogen) atoms. The van der Waals surface area contributed by atoms with Gasteiger partial charge in [-0.05, 0) is 26.0 Å². The predicted molar refractivity (Wildman–Crippen MR) is 93.3 cm³/mol. The highest BCUT2D eigenvalue weighted by Crippen LogP contribution is 2.25. The Morgan fingerprint density at radius 2 is 1.50 bits per heavy atom. The maximum Gasteiger partial charge on any atom is 0.256 e. The van der Waals surface area contributed by atoms with E-state index in [1.165, 1.54) is 0 Å². The molecule has 7 nitrogen and oxygen atoms in total. The molecule has 0 atom stereocenters. The largest absolute Gasteiger partial charge is 0.497 e. The van der Waals surface area contributed by atoms with Crippen LogP contribution in [0.3, 0.4) is 0 Å². The summed E-state index contributed by atoms with van der Waals surface area (Å²) in [6.45, 7) is 3.67. The van der Waals surface area contributed by atoms with Crippen LogP contribution in [0.4, 0.5) is 11.6 Å². The fourth-order valence-electron chi connectivity index (χ4n) is 2.20. The van der Waals surface area contributed by atoms with E-state index in [2.05, 4.69) is 15.3 Å². The number of amides is 1. The van der Waals surface area contributed by atoms with Gasteiger partial charge in [-0.1, -0.05) is 0 Å². The number of aryl methyl sites for hydroxylation is 2. The monoisotopic (exact) mass is 330 g/mol. The molecule has 0 radical (unpaired) electrons. The molecule has 1 N–H and O–H groups in total. The number of carbonyl (C=O) groups is 1. The zero-order chi connectivity index (χ0) is 17.9. The van der Waals surface area contributed by atoms with Crippen molar-refractivity contribution in [3.63, 3.8) is 0 Å². The highest BCUT2D eigenvalue weighted by atomic mass is 16.5. The Morgan fingerprint density at radius 1 is 1.00 bits per heavy atom. The number of nitrogens with one attached hydrogen (secondary N) is 1. The predicted octanol–water partition coefficient (Wildman–Crippen LogP) is 2.43. The van der Waals surface area contributed by atoms with Gasteiger partial charge in [0, 0.05) is 25.7 Å². The second-order valence-corrected chi connectivity index (χ2v) is 5.52. The van der Waals surface area contributed by atoms with E-state index in [0.29, 0.717) is 40.1 Å². The molecule has 2 aromatic rings. The lowest BCUT2D eigenvalue weighted by Crippen LogP contribution is -2.18. The van der Waals surface area contributed by atoms with Crippen LogP contribution in [0, 0.1) is 13.8 Å². The molecular formula is C17H22N4O3. The Bertz CT molecular complexity index is 714. The minimum absolute atomic E-state index is 0.278. The van der Waals surface area contributed by atoms with Crippen LogP contribution in [-0.2, 0) is 0 Å². The summed E-state index contributed by atoms with van der Waals surface area (Å²) in [4.78, 5) is 23.2.